The molecule has 0 bridgehead atoms. The van der Waals surface area contributed by atoms with Crippen LogP contribution < -0.4 is 11.1 Å². The van der Waals surface area contributed by atoms with Crippen LogP contribution in [-0.2, 0) is 6.42 Å². The minimum atomic E-state index is 0.414. The molecule has 92 valence electrons. The van der Waals surface area contributed by atoms with Gasteiger partial charge in [-0.25, -0.2) is 4.99 Å². The minimum Gasteiger partial charge on any atom is -0.370 e. The van der Waals surface area contributed by atoms with E-state index in [0.717, 1.165) is 18.5 Å². The summed E-state index contributed by atoms with van der Waals surface area (Å²) in [7, 11) is 0. The van der Waals surface area contributed by atoms with Crippen molar-refractivity contribution >= 4 is 11.6 Å². The van der Waals surface area contributed by atoms with Crippen LogP contribution in [0.15, 0.2) is 29.3 Å². The third kappa shape index (κ3) is 2.99. The molecule has 2 unspecified atom stereocenters. The Labute approximate surface area is 103 Å². The van der Waals surface area contributed by atoms with Crippen molar-refractivity contribution in [3.63, 3.8) is 0 Å². The Morgan fingerprint density at radius 3 is 2.53 bits per heavy atom. The third-order valence-electron chi connectivity index (χ3n) is 3.51. The summed E-state index contributed by atoms with van der Waals surface area (Å²) in [5.74, 6) is 1.21. The van der Waals surface area contributed by atoms with Crippen LogP contribution in [-0.4, -0.2) is 12.0 Å². The van der Waals surface area contributed by atoms with Gasteiger partial charge in [0.05, 0.1) is 6.04 Å². The molecule has 0 heterocycles. The van der Waals surface area contributed by atoms with Crippen LogP contribution in [0.4, 0.5) is 5.69 Å². The SMILES string of the molecule is CCc1ccc(NC(N)=NC2CCC2C)cc1. The molecule has 1 aliphatic carbocycles. The number of aliphatic imine (C=N–C) groups is 1. The van der Waals surface area contributed by atoms with Crippen LogP contribution in [0.5, 0.6) is 0 Å². The van der Waals surface area contributed by atoms with E-state index in [9.17, 15) is 0 Å². The van der Waals surface area contributed by atoms with Crippen molar-refractivity contribution in [3.05, 3.63) is 29.8 Å². The summed E-state index contributed by atoms with van der Waals surface area (Å²) < 4.78 is 0. The number of nitrogens with zero attached hydrogens (tertiary/aromatic N) is 1. The number of nitrogens with one attached hydrogen (secondary N) is 1. The second-order valence-electron chi connectivity index (χ2n) is 4.81. The van der Waals surface area contributed by atoms with Gasteiger partial charge >= 0.3 is 0 Å². The predicted molar refractivity (Wildman–Crippen MR) is 73.3 cm³/mol. The van der Waals surface area contributed by atoms with Crippen LogP contribution in [0.2, 0.25) is 0 Å². The molecule has 3 heteroatoms. The molecule has 1 fully saturated rings. The second kappa shape index (κ2) is 5.21. The highest BCUT2D eigenvalue weighted by Crippen LogP contribution is 2.29. The summed E-state index contributed by atoms with van der Waals surface area (Å²) in [6, 6.07) is 8.73. The van der Waals surface area contributed by atoms with Gasteiger partial charge in [-0.3, -0.25) is 0 Å². The molecule has 0 amide bonds. The maximum Gasteiger partial charge on any atom is 0.193 e. The zero-order valence-electron chi connectivity index (χ0n) is 10.6. The van der Waals surface area contributed by atoms with Crippen molar-refractivity contribution in [1.82, 2.24) is 0 Å². The van der Waals surface area contributed by atoms with Crippen LogP contribution in [0.1, 0.15) is 32.3 Å². The van der Waals surface area contributed by atoms with Crippen LogP contribution >= 0.6 is 0 Å². The molecule has 3 N–H and O–H groups in total. The first-order valence-electron chi connectivity index (χ1n) is 6.38. The van der Waals surface area contributed by atoms with Crippen molar-refractivity contribution in [2.75, 3.05) is 5.32 Å². The van der Waals surface area contributed by atoms with Crippen molar-refractivity contribution < 1.29 is 0 Å². The molecule has 17 heavy (non-hydrogen) atoms. The van der Waals surface area contributed by atoms with Crippen molar-refractivity contribution in [3.8, 4) is 0 Å². The van der Waals surface area contributed by atoms with Gasteiger partial charge in [0.2, 0.25) is 0 Å². The first kappa shape index (κ1) is 12.0. The van der Waals surface area contributed by atoms with E-state index in [2.05, 4.69) is 36.3 Å². The summed E-state index contributed by atoms with van der Waals surface area (Å²) in [5.41, 5.74) is 8.23. The molecule has 1 saturated carbocycles. The highest BCUT2D eigenvalue weighted by atomic mass is 15.1. The van der Waals surface area contributed by atoms with Gasteiger partial charge in [0.1, 0.15) is 0 Å². The molecular weight excluding hydrogens is 210 g/mol. The lowest BCUT2D eigenvalue weighted by Gasteiger charge is -2.30. The molecule has 1 aliphatic rings. The third-order valence-corrected chi connectivity index (χ3v) is 3.51. The standard InChI is InChI=1S/C14H21N3/c1-3-11-5-7-12(8-6-11)16-14(15)17-13-9-4-10(13)2/h5-8,10,13H,3-4,9H2,1-2H3,(H3,15,16,17). The van der Waals surface area contributed by atoms with E-state index < -0.39 is 0 Å². The van der Waals surface area contributed by atoms with E-state index in [1.807, 2.05) is 12.1 Å². The Balaban J connectivity index is 1.95. The highest BCUT2D eigenvalue weighted by molar-refractivity contribution is 5.92. The molecule has 2 atom stereocenters. The fourth-order valence-corrected chi connectivity index (χ4v) is 2.02. The fraction of sp³-hybridized carbons (Fsp3) is 0.500. The van der Waals surface area contributed by atoms with Gasteiger partial charge in [0, 0.05) is 5.69 Å². The van der Waals surface area contributed by atoms with E-state index in [-0.39, 0.29) is 0 Å². The number of hydrogen-bond donors (Lipinski definition) is 2. The van der Waals surface area contributed by atoms with Crippen LogP contribution in [0.3, 0.4) is 0 Å². The van der Waals surface area contributed by atoms with Gasteiger partial charge in [-0.2, -0.15) is 0 Å². The van der Waals surface area contributed by atoms with Gasteiger partial charge in [0.15, 0.2) is 5.96 Å². The second-order valence-corrected chi connectivity index (χ2v) is 4.81. The fourth-order valence-electron chi connectivity index (χ4n) is 2.02. The number of anilines is 1. The van der Waals surface area contributed by atoms with E-state index in [0.29, 0.717) is 17.9 Å². The average Bonchev–Trinajstić information content (AvgIpc) is 2.35. The van der Waals surface area contributed by atoms with Crippen molar-refractivity contribution in [2.24, 2.45) is 16.6 Å². The van der Waals surface area contributed by atoms with Gasteiger partial charge < -0.3 is 11.1 Å². The number of aryl methyl sites for hydroxylation is 1. The molecule has 0 saturated heterocycles. The zero-order valence-corrected chi connectivity index (χ0v) is 10.6. The summed E-state index contributed by atoms with van der Waals surface area (Å²) >= 11 is 0. The quantitative estimate of drug-likeness (QED) is 0.621. The molecule has 0 aliphatic heterocycles. The minimum absolute atomic E-state index is 0.414. The van der Waals surface area contributed by atoms with E-state index in [1.165, 1.54) is 12.0 Å². The molecule has 1 aromatic rings. The number of rotatable bonds is 3. The Morgan fingerprint density at radius 1 is 1.35 bits per heavy atom. The largest absolute Gasteiger partial charge is 0.370 e. The van der Waals surface area contributed by atoms with Crippen LogP contribution in [0, 0.1) is 5.92 Å². The Hall–Kier alpha value is -1.51. The number of hydrogen-bond acceptors (Lipinski definition) is 1. The van der Waals surface area contributed by atoms with Crippen molar-refractivity contribution in [2.45, 2.75) is 39.2 Å². The Bertz CT molecular complexity index is 394. The maximum absolute atomic E-state index is 5.89. The Morgan fingerprint density at radius 2 is 2.06 bits per heavy atom. The summed E-state index contributed by atoms with van der Waals surface area (Å²) in [6.07, 6.45) is 3.49. The molecule has 1 aromatic carbocycles. The first-order valence-corrected chi connectivity index (χ1v) is 6.38. The average molecular weight is 231 g/mol. The van der Waals surface area contributed by atoms with Gasteiger partial charge in [0.25, 0.3) is 0 Å². The van der Waals surface area contributed by atoms with Gasteiger partial charge in [-0.05, 0) is 42.9 Å². The van der Waals surface area contributed by atoms with Gasteiger partial charge in [-0.15, -0.1) is 0 Å². The molecule has 0 spiro atoms. The van der Waals surface area contributed by atoms with Crippen molar-refractivity contribution in [1.29, 1.82) is 0 Å². The van der Waals surface area contributed by atoms with E-state index in [1.54, 1.807) is 0 Å². The lowest BCUT2D eigenvalue weighted by molar-refractivity contribution is 0.284. The molecule has 0 radical (unpaired) electrons. The summed E-state index contributed by atoms with van der Waals surface area (Å²) in [4.78, 5) is 4.48. The molecule has 3 nitrogen and oxygen atoms in total. The zero-order chi connectivity index (χ0) is 12.3. The highest BCUT2D eigenvalue weighted by Gasteiger charge is 2.26. The van der Waals surface area contributed by atoms with E-state index >= 15 is 0 Å². The molecular formula is C14H21N3. The first-order chi connectivity index (χ1) is 8.19. The summed E-state index contributed by atoms with van der Waals surface area (Å²) in [6.45, 7) is 4.37. The molecule has 2 rings (SSSR count). The smallest absolute Gasteiger partial charge is 0.193 e. The maximum atomic E-state index is 5.89. The lowest BCUT2D eigenvalue weighted by atomic mass is 9.82. The van der Waals surface area contributed by atoms with Gasteiger partial charge in [-0.1, -0.05) is 26.0 Å². The number of guanidine groups is 1. The monoisotopic (exact) mass is 231 g/mol. The summed E-state index contributed by atoms with van der Waals surface area (Å²) in [5, 5.41) is 3.14. The molecule has 0 aromatic heterocycles. The number of benzene rings is 1. The topological polar surface area (TPSA) is 50.4 Å². The van der Waals surface area contributed by atoms with E-state index in [4.69, 9.17) is 5.73 Å². The normalized spacial score (nSPS) is 24.2. The lowest BCUT2D eigenvalue weighted by Crippen LogP contribution is -2.32. The van der Waals surface area contributed by atoms with Crippen LogP contribution in [0.25, 0.3) is 0 Å². The predicted octanol–water partition coefficient (Wildman–Crippen LogP) is 2.77. The Kier molecular flexibility index (Phi) is 3.67. The number of nitrogens with two attached hydrogens (primary N) is 1.